The third-order valence-electron chi connectivity index (χ3n) is 3.92. The Labute approximate surface area is 111 Å². The molecule has 1 saturated carbocycles. The van der Waals surface area contributed by atoms with Gasteiger partial charge in [-0.25, -0.2) is 0 Å². The van der Waals surface area contributed by atoms with Crippen LogP contribution >= 0.6 is 0 Å². The minimum absolute atomic E-state index is 0.405. The Kier molecular flexibility index (Phi) is 3.03. The molecular weight excluding hydrogens is 240 g/mol. The van der Waals surface area contributed by atoms with E-state index >= 15 is 0 Å². The molecule has 2 aromatic rings. The Balaban J connectivity index is 1.98. The molecule has 0 bridgehead atoms. The Morgan fingerprint density at radius 2 is 2.21 bits per heavy atom. The van der Waals surface area contributed by atoms with Gasteiger partial charge in [0.05, 0.1) is 23.6 Å². The fourth-order valence-corrected chi connectivity index (χ4v) is 2.75. The normalized spacial score (nSPS) is 23.2. The lowest BCUT2D eigenvalue weighted by Crippen LogP contribution is -2.30. The van der Waals surface area contributed by atoms with Crippen LogP contribution in [0.15, 0.2) is 12.4 Å². The van der Waals surface area contributed by atoms with Crippen LogP contribution in [0.3, 0.4) is 0 Å². The minimum atomic E-state index is 0.405. The fraction of sp³-hybridized carbons (Fsp3) is 0.538. The number of rotatable bonds is 2. The highest BCUT2D eigenvalue weighted by Gasteiger charge is 2.23. The van der Waals surface area contributed by atoms with Crippen LogP contribution < -0.4 is 5.32 Å². The first-order valence-electron chi connectivity index (χ1n) is 6.66. The zero-order valence-corrected chi connectivity index (χ0v) is 10.9. The van der Waals surface area contributed by atoms with Crippen molar-refractivity contribution in [3.8, 4) is 6.07 Å². The average molecular weight is 256 g/mol. The van der Waals surface area contributed by atoms with E-state index in [0.717, 1.165) is 17.6 Å². The van der Waals surface area contributed by atoms with Crippen molar-refractivity contribution in [1.29, 1.82) is 5.26 Å². The molecular formula is C13H16N6. The second kappa shape index (κ2) is 4.84. The number of hydrogen-bond acceptors (Lipinski definition) is 5. The highest BCUT2D eigenvalue weighted by molar-refractivity contribution is 5.76. The van der Waals surface area contributed by atoms with Gasteiger partial charge in [-0.3, -0.25) is 0 Å². The van der Waals surface area contributed by atoms with E-state index in [-0.39, 0.29) is 0 Å². The molecule has 1 N–H and O–H groups in total. The van der Waals surface area contributed by atoms with Crippen LogP contribution in [0.5, 0.6) is 0 Å². The van der Waals surface area contributed by atoms with E-state index in [2.05, 4.69) is 33.7 Å². The standard InChI is InChI=1S/C13H16N6/c1-9-4-2-3-5-11(9)17-13-10(6-14)7-16-19-12(13)8-15-18-19/h7-9,11,17H,2-5H2,1H3. The van der Waals surface area contributed by atoms with Crippen LogP contribution in [0.25, 0.3) is 5.52 Å². The summed E-state index contributed by atoms with van der Waals surface area (Å²) in [6, 6.07) is 2.59. The Morgan fingerprint density at radius 3 is 3.00 bits per heavy atom. The quantitative estimate of drug-likeness (QED) is 0.888. The molecule has 1 fully saturated rings. The van der Waals surface area contributed by atoms with Gasteiger partial charge in [0, 0.05) is 6.04 Å². The number of nitrogens with zero attached hydrogens (tertiary/aromatic N) is 5. The van der Waals surface area contributed by atoms with Crippen LogP contribution in [0.4, 0.5) is 5.69 Å². The van der Waals surface area contributed by atoms with Crippen LogP contribution in [0.1, 0.15) is 38.2 Å². The molecule has 2 unspecified atom stereocenters. The van der Waals surface area contributed by atoms with Crippen molar-refractivity contribution in [2.24, 2.45) is 5.92 Å². The van der Waals surface area contributed by atoms with Gasteiger partial charge in [0.25, 0.3) is 0 Å². The van der Waals surface area contributed by atoms with Gasteiger partial charge in [-0.05, 0) is 24.0 Å². The highest BCUT2D eigenvalue weighted by atomic mass is 15.5. The Bertz CT molecular complexity index is 626. The van der Waals surface area contributed by atoms with Gasteiger partial charge in [0.15, 0.2) is 0 Å². The van der Waals surface area contributed by atoms with E-state index in [4.69, 9.17) is 0 Å². The maximum atomic E-state index is 9.23. The number of nitrogens with one attached hydrogen (secondary N) is 1. The summed E-state index contributed by atoms with van der Waals surface area (Å²) in [5, 5.41) is 24.5. The molecule has 6 nitrogen and oxygen atoms in total. The lowest BCUT2D eigenvalue weighted by Gasteiger charge is -2.30. The summed E-state index contributed by atoms with van der Waals surface area (Å²) < 4.78 is 1.46. The number of aromatic nitrogens is 4. The summed E-state index contributed by atoms with van der Waals surface area (Å²) in [6.07, 6.45) is 8.09. The molecule has 0 radical (unpaired) electrons. The van der Waals surface area contributed by atoms with Crippen LogP contribution in [0, 0.1) is 17.2 Å². The summed E-state index contributed by atoms with van der Waals surface area (Å²) >= 11 is 0. The first kappa shape index (κ1) is 11.9. The second-order valence-corrected chi connectivity index (χ2v) is 5.17. The van der Waals surface area contributed by atoms with Crippen molar-refractivity contribution in [3.63, 3.8) is 0 Å². The van der Waals surface area contributed by atoms with Crippen molar-refractivity contribution >= 4 is 11.2 Å². The zero-order chi connectivity index (χ0) is 13.2. The molecule has 2 aromatic heterocycles. The van der Waals surface area contributed by atoms with Crippen molar-refractivity contribution in [1.82, 2.24) is 20.0 Å². The SMILES string of the molecule is CC1CCCCC1Nc1c(C#N)cnn2nncc12. The Morgan fingerprint density at radius 1 is 1.37 bits per heavy atom. The molecule has 1 aliphatic rings. The summed E-state index contributed by atoms with van der Waals surface area (Å²) in [5.74, 6) is 0.615. The molecule has 0 spiro atoms. The minimum Gasteiger partial charge on any atom is -0.379 e. The molecule has 6 heteroatoms. The molecule has 2 heterocycles. The van der Waals surface area contributed by atoms with E-state index in [1.54, 1.807) is 6.20 Å². The predicted molar refractivity (Wildman–Crippen MR) is 70.5 cm³/mol. The van der Waals surface area contributed by atoms with Gasteiger partial charge in [0.1, 0.15) is 11.6 Å². The highest BCUT2D eigenvalue weighted by Crippen LogP contribution is 2.29. The van der Waals surface area contributed by atoms with Gasteiger partial charge < -0.3 is 5.32 Å². The maximum absolute atomic E-state index is 9.23. The maximum Gasteiger partial charge on any atom is 0.132 e. The molecule has 0 amide bonds. The first-order valence-corrected chi connectivity index (χ1v) is 6.66. The third-order valence-corrected chi connectivity index (χ3v) is 3.92. The third kappa shape index (κ3) is 2.12. The lowest BCUT2D eigenvalue weighted by atomic mass is 9.85. The molecule has 2 atom stereocenters. The predicted octanol–water partition coefficient (Wildman–Crippen LogP) is 1.99. The van der Waals surface area contributed by atoms with Crippen molar-refractivity contribution in [2.75, 3.05) is 5.32 Å². The van der Waals surface area contributed by atoms with E-state index in [0.29, 0.717) is 17.5 Å². The zero-order valence-electron chi connectivity index (χ0n) is 10.9. The Hall–Kier alpha value is -2.16. The van der Waals surface area contributed by atoms with E-state index in [9.17, 15) is 5.26 Å². The molecule has 0 aliphatic heterocycles. The molecule has 0 saturated heterocycles. The van der Waals surface area contributed by atoms with Crippen LogP contribution in [0.2, 0.25) is 0 Å². The first-order chi connectivity index (χ1) is 9.29. The van der Waals surface area contributed by atoms with E-state index in [1.807, 2.05) is 0 Å². The molecule has 19 heavy (non-hydrogen) atoms. The van der Waals surface area contributed by atoms with Gasteiger partial charge >= 0.3 is 0 Å². The summed E-state index contributed by atoms with van der Waals surface area (Å²) in [6.45, 7) is 2.26. The van der Waals surface area contributed by atoms with Gasteiger partial charge in [-0.15, -0.1) is 9.73 Å². The largest absolute Gasteiger partial charge is 0.379 e. The smallest absolute Gasteiger partial charge is 0.132 e. The van der Waals surface area contributed by atoms with E-state index in [1.165, 1.54) is 30.1 Å². The lowest BCUT2D eigenvalue weighted by molar-refractivity contribution is 0.349. The topological polar surface area (TPSA) is 78.9 Å². The van der Waals surface area contributed by atoms with Crippen LogP contribution in [-0.2, 0) is 0 Å². The van der Waals surface area contributed by atoms with E-state index < -0.39 is 0 Å². The summed E-state index contributed by atoms with van der Waals surface area (Å²) in [5.41, 5.74) is 2.12. The number of anilines is 1. The van der Waals surface area contributed by atoms with Gasteiger partial charge in [-0.1, -0.05) is 19.8 Å². The second-order valence-electron chi connectivity index (χ2n) is 5.17. The van der Waals surface area contributed by atoms with Crippen molar-refractivity contribution in [3.05, 3.63) is 18.0 Å². The number of hydrogen-bond donors (Lipinski definition) is 1. The van der Waals surface area contributed by atoms with Crippen molar-refractivity contribution in [2.45, 2.75) is 38.6 Å². The number of nitriles is 1. The van der Waals surface area contributed by atoms with Gasteiger partial charge in [-0.2, -0.15) is 10.4 Å². The summed E-state index contributed by atoms with van der Waals surface area (Å²) in [7, 11) is 0. The van der Waals surface area contributed by atoms with Crippen LogP contribution in [-0.4, -0.2) is 26.1 Å². The van der Waals surface area contributed by atoms with Gasteiger partial charge in [0.2, 0.25) is 0 Å². The average Bonchev–Trinajstić information content (AvgIpc) is 2.90. The fourth-order valence-electron chi connectivity index (χ4n) is 2.75. The molecule has 3 rings (SSSR count). The number of fused-ring (bicyclic) bond motifs is 1. The molecule has 0 aromatic carbocycles. The molecule has 1 aliphatic carbocycles. The molecule has 98 valence electrons. The van der Waals surface area contributed by atoms with Crippen molar-refractivity contribution < 1.29 is 0 Å². The summed E-state index contributed by atoms with van der Waals surface area (Å²) in [4.78, 5) is 0. The monoisotopic (exact) mass is 256 g/mol.